The van der Waals surface area contributed by atoms with Gasteiger partial charge in [-0.25, -0.2) is 10.6 Å². The Bertz CT molecular complexity index is 503. The van der Waals surface area contributed by atoms with Crippen LogP contribution in [0.1, 0.15) is 56.6 Å². The summed E-state index contributed by atoms with van der Waals surface area (Å²) >= 11 is 0. The number of aryl methyl sites for hydroxylation is 1. The highest BCUT2D eigenvalue weighted by Crippen LogP contribution is 2.11. The fourth-order valence-corrected chi connectivity index (χ4v) is 2.44. The SMILES string of the molecule is CCCCCCCCc1ccc(CN(N)C(=O)NCC(=O)O)cc1. The lowest BCUT2D eigenvalue weighted by atomic mass is 10.0. The van der Waals surface area contributed by atoms with Gasteiger partial charge in [0.1, 0.15) is 6.54 Å². The van der Waals surface area contributed by atoms with Crippen molar-refractivity contribution in [2.45, 2.75) is 58.4 Å². The zero-order valence-corrected chi connectivity index (χ0v) is 14.5. The second kappa shape index (κ2) is 11.5. The number of amides is 2. The third-order valence-electron chi connectivity index (χ3n) is 3.85. The van der Waals surface area contributed by atoms with Crippen molar-refractivity contribution >= 4 is 12.0 Å². The summed E-state index contributed by atoms with van der Waals surface area (Å²) in [5.41, 5.74) is 2.20. The number of unbranched alkanes of at least 4 members (excludes halogenated alkanes) is 5. The van der Waals surface area contributed by atoms with Crippen LogP contribution >= 0.6 is 0 Å². The van der Waals surface area contributed by atoms with Crippen LogP contribution in [-0.2, 0) is 17.8 Å². The molecule has 6 heteroatoms. The van der Waals surface area contributed by atoms with E-state index >= 15 is 0 Å². The van der Waals surface area contributed by atoms with E-state index in [4.69, 9.17) is 10.9 Å². The summed E-state index contributed by atoms with van der Waals surface area (Å²) in [6, 6.07) is 7.43. The Labute approximate surface area is 144 Å². The molecule has 0 heterocycles. The lowest BCUT2D eigenvalue weighted by Crippen LogP contribution is -2.45. The van der Waals surface area contributed by atoms with Gasteiger partial charge in [-0.1, -0.05) is 63.3 Å². The fourth-order valence-electron chi connectivity index (χ4n) is 2.44. The topological polar surface area (TPSA) is 95.7 Å². The molecule has 1 aromatic carbocycles. The zero-order valence-electron chi connectivity index (χ0n) is 14.5. The van der Waals surface area contributed by atoms with Gasteiger partial charge >= 0.3 is 12.0 Å². The molecule has 0 unspecified atom stereocenters. The third-order valence-corrected chi connectivity index (χ3v) is 3.85. The first kappa shape index (κ1) is 20.0. The predicted octanol–water partition coefficient (Wildman–Crippen LogP) is 3.06. The number of hydrogen-bond donors (Lipinski definition) is 3. The van der Waals surface area contributed by atoms with Crippen molar-refractivity contribution in [1.82, 2.24) is 10.3 Å². The number of hydrazine groups is 1. The summed E-state index contributed by atoms with van der Waals surface area (Å²) < 4.78 is 0. The van der Waals surface area contributed by atoms with Gasteiger partial charge in [0.05, 0.1) is 6.54 Å². The Morgan fingerprint density at radius 3 is 2.25 bits per heavy atom. The zero-order chi connectivity index (χ0) is 17.8. The lowest BCUT2D eigenvalue weighted by Gasteiger charge is -2.17. The van der Waals surface area contributed by atoms with Crippen LogP contribution in [0.3, 0.4) is 0 Å². The number of rotatable bonds is 11. The van der Waals surface area contributed by atoms with Crippen LogP contribution in [0.25, 0.3) is 0 Å². The number of hydrogen-bond acceptors (Lipinski definition) is 3. The number of urea groups is 1. The van der Waals surface area contributed by atoms with E-state index in [1.165, 1.54) is 44.1 Å². The van der Waals surface area contributed by atoms with Crippen LogP contribution in [0.15, 0.2) is 24.3 Å². The number of carboxylic acids is 1. The van der Waals surface area contributed by atoms with Crippen LogP contribution in [0.5, 0.6) is 0 Å². The smallest absolute Gasteiger partial charge is 0.332 e. The molecule has 6 nitrogen and oxygen atoms in total. The molecule has 0 aliphatic carbocycles. The number of nitrogens with zero attached hydrogens (tertiary/aromatic N) is 1. The van der Waals surface area contributed by atoms with Gasteiger partial charge < -0.3 is 10.4 Å². The summed E-state index contributed by atoms with van der Waals surface area (Å²) in [7, 11) is 0. The average Bonchev–Trinajstić information content (AvgIpc) is 2.57. The summed E-state index contributed by atoms with van der Waals surface area (Å²) in [5.74, 6) is 4.54. The quantitative estimate of drug-likeness (QED) is 0.251. The van der Waals surface area contributed by atoms with E-state index in [-0.39, 0.29) is 6.54 Å². The minimum absolute atomic E-state index is 0.239. The summed E-state index contributed by atoms with van der Waals surface area (Å²) in [6.07, 6.45) is 8.76. The molecular formula is C18H29N3O3. The van der Waals surface area contributed by atoms with E-state index in [1.807, 2.05) is 12.1 Å². The van der Waals surface area contributed by atoms with Crippen molar-refractivity contribution in [3.05, 3.63) is 35.4 Å². The van der Waals surface area contributed by atoms with Gasteiger partial charge in [-0.15, -0.1) is 0 Å². The first-order valence-corrected chi connectivity index (χ1v) is 8.62. The number of nitrogens with one attached hydrogen (secondary N) is 1. The molecule has 0 aliphatic rings. The Morgan fingerprint density at radius 2 is 1.62 bits per heavy atom. The molecule has 0 aromatic heterocycles. The van der Waals surface area contributed by atoms with Gasteiger partial charge in [0, 0.05) is 0 Å². The average molecular weight is 335 g/mol. The van der Waals surface area contributed by atoms with Crippen molar-refractivity contribution in [2.24, 2.45) is 5.84 Å². The molecule has 0 aliphatic heterocycles. The number of benzene rings is 1. The molecule has 0 radical (unpaired) electrons. The second-order valence-corrected chi connectivity index (χ2v) is 6.01. The van der Waals surface area contributed by atoms with Gasteiger partial charge in [-0.3, -0.25) is 9.80 Å². The number of carboxylic acid groups (broad SMARTS) is 1. The molecule has 0 atom stereocenters. The van der Waals surface area contributed by atoms with Crippen LogP contribution < -0.4 is 11.2 Å². The standard InChI is InChI=1S/C18H29N3O3/c1-2-3-4-5-6-7-8-15-9-11-16(12-10-15)14-21(19)18(24)20-13-17(22)23/h9-12H,2-8,13-14,19H2,1H3,(H,20,24)(H,22,23). The molecule has 134 valence electrons. The molecular weight excluding hydrogens is 306 g/mol. The van der Waals surface area contributed by atoms with Crippen LogP contribution in [0.4, 0.5) is 4.79 Å². The van der Waals surface area contributed by atoms with E-state index < -0.39 is 18.5 Å². The molecule has 4 N–H and O–H groups in total. The maximum absolute atomic E-state index is 11.6. The fraction of sp³-hybridized carbons (Fsp3) is 0.556. The molecule has 0 saturated carbocycles. The first-order valence-electron chi connectivity index (χ1n) is 8.62. The number of carbonyl (C=O) groups excluding carboxylic acids is 1. The van der Waals surface area contributed by atoms with Crippen molar-refractivity contribution in [2.75, 3.05) is 6.54 Å². The lowest BCUT2D eigenvalue weighted by molar-refractivity contribution is -0.135. The Hall–Kier alpha value is -2.08. The van der Waals surface area contributed by atoms with Crippen LogP contribution in [0.2, 0.25) is 0 Å². The van der Waals surface area contributed by atoms with Crippen LogP contribution in [-0.4, -0.2) is 28.7 Å². The van der Waals surface area contributed by atoms with E-state index in [2.05, 4.69) is 24.4 Å². The van der Waals surface area contributed by atoms with Gasteiger partial charge in [0.2, 0.25) is 0 Å². The highest BCUT2D eigenvalue weighted by atomic mass is 16.4. The number of carbonyl (C=O) groups is 2. The molecule has 2 amide bonds. The minimum Gasteiger partial charge on any atom is -0.480 e. The van der Waals surface area contributed by atoms with E-state index in [0.717, 1.165) is 17.0 Å². The predicted molar refractivity (Wildman–Crippen MR) is 94.3 cm³/mol. The minimum atomic E-state index is -1.10. The maximum atomic E-state index is 11.6. The van der Waals surface area contributed by atoms with Gasteiger partial charge in [0.15, 0.2) is 0 Å². The van der Waals surface area contributed by atoms with Crippen molar-refractivity contribution in [1.29, 1.82) is 0 Å². The largest absolute Gasteiger partial charge is 0.480 e. The molecule has 0 bridgehead atoms. The van der Waals surface area contributed by atoms with Gasteiger partial charge in [-0.05, 0) is 24.0 Å². The van der Waals surface area contributed by atoms with Crippen molar-refractivity contribution < 1.29 is 14.7 Å². The Balaban J connectivity index is 2.30. The molecule has 1 aromatic rings. The Morgan fingerprint density at radius 1 is 1.04 bits per heavy atom. The number of aliphatic carboxylic acids is 1. The van der Waals surface area contributed by atoms with Crippen LogP contribution in [0, 0.1) is 0 Å². The van der Waals surface area contributed by atoms with Crippen molar-refractivity contribution in [3.63, 3.8) is 0 Å². The third kappa shape index (κ3) is 8.53. The highest BCUT2D eigenvalue weighted by molar-refractivity contribution is 5.79. The molecule has 1 rings (SSSR count). The van der Waals surface area contributed by atoms with E-state index in [0.29, 0.717) is 0 Å². The summed E-state index contributed by atoms with van der Waals surface area (Å²) in [6.45, 7) is 2.02. The highest BCUT2D eigenvalue weighted by Gasteiger charge is 2.10. The van der Waals surface area contributed by atoms with Gasteiger partial charge in [0.25, 0.3) is 0 Å². The molecule has 0 fully saturated rings. The molecule has 0 saturated heterocycles. The number of nitrogens with two attached hydrogens (primary N) is 1. The maximum Gasteiger partial charge on any atom is 0.332 e. The monoisotopic (exact) mass is 335 g/mol. The Kier molecular flexibility index (Phi) is 9.53. The van der Waals surface area contributed by atoms with Crippen molar-refractivity contribution in [3.8, 4) is 0 Å². The summed E-state index contributed by atoms with van der Waals surface area (Å²) in [5, 5.41) is 11.7. The first-order chi connectivity index (χ1) is 11.5. The molecule has 24 heavy (non-hydrogen) atoms. The normalized spacial score (nSPS) is 10.4. The van der Waals surface area contributed by atoms with E-state index in [1.54, 1.807) is 0 Å². The summed E-state index contributed by atoms with van der Waals surface area (Å²) in [4.78, 5) is 22.0. The van der Waals surface area contributed by atoms with Gasteiger partial charge in [-0.2, -0.15) is 0 Å². The second-order valence-electron chi connectivity index (χ2n) is 6.01. The molecule has 0 spiro atoms. The van der Waals surface area contributed by atoms with E-state index in [9.17, 15) is 9.59 Å².